The molecule has 0 aromatic carbocycles. The predicted molar refractivity (Wildman–Crippen MR) is 135 cm³/mol. The van der Waals surface area contributed by atoms with Crippen LogP contribution in [-0.4, -0.2) is 126 Å². The number of amides is 4. The highest BCUT2D eigenvalue weighted by Crippen LogP contribution is 2.04. The maximum absolute atomic E-state index is 11.4. The molecule has 0 atom stereocenters. The van der Waals surface area contributed by atoms with Crippen LogP contribution in [0.1, 0.15) is 12.8 Å². The lowest BCUT2D eigenvalue weighted by Crippen LogP contribution is -2.33. The van der Waals surface area contributed by atoms with Gasteiger partial charge in [-0.1, -0.05) is 12.2 Å². The predicted octanol–water partition coefficient (Wildman–Crippen LogP) is 0.272. The molecule has 2 aliphatic rings. The normalized spacial score (nSPS) is 15.1. The van der Waals surface area contributed by atoms with Crippen molar-refractivity contribution in [2.75, 3.05) is 92.4 Å². The summed E-state index contributed by atoms with van der Waals surface area (Å²) in [5, 5.41) is 0. The van der Waals surface area contributed by atoms with Gasteiger partial charge in [0.25, 0.3) is 23.6 Å². The van der Waals surface area contributed by atoms with Crippen LogP contribution in [0.15, 0.2) is 36.5 Å². The Morgan fingerprint density at radius 1 is 0.526 bits per heavy atom. The number of hydrogen-bond donors (Lipinski definition) is 0. The molecule has 12 heteroatoms. The molecule has 0 unspecified atom stereocenters. The molecular formula is C26H38N2O10. The lowest BCUT2D eigenvalue weighted by Gasteiger charge is -2.13. The fraction of sp³-hybridized carbons (Fsp3) is 0.615. The molecule has 2 heterocycles. The number of carbonyl (C=O) groups excluding carboxylic acids is 4. The van der Waals surface area contributed by atoms with Gasteiger partial charge < -0.3 is 28.4 Å². The largest absolute Gasteiger partial charge is 0.379 e. The lowest BCUT2D eigenvalue weighted by molar-refractivity contribution is -0.139. The van der Waals surface area contributed by atoms with Crippen molar-refractivity contribution in [1.29, 1.82) is 0 Å². The second kappa shape index (κ2) is 19.3. The van der Waals surface area contributed by atoms with Crippen LogP contribution in [0.5, 0.6) is 0 Å². The highest BCUT2D eigenvalue weighted by molar-refractivity contribution is 6.13. The van der Waals surface area contributed by atoms with Crippen molar-refractivity contribution < 1.29 is 47.6 Å². The van der Waals surface area contributed by atoms with Crippen molar-refractivity contribution in [3.63, 3.8) is 0 Å². The second-order valence-electron chi connectivity index (χ2n) is 8.29. The summed E-state index contributed by atoms with van der Waals surface area (Å²) < 4.78 is 32.6. The fourth-order valence-corrected chi connectivity index (χ4v) is 3.31. The Morgan fingerprint density at radius 2 is 0.868 bits per heavy atom. The zero-order valence-corrected chi connectivity index (χ0v) is 21.8. The van der Waals surface area contributed by atoms with Gasteiger partial charge in [-0.3, -0.25) is 29.0 Å². The molecule has 0 radical (unpaired) electrons. The minimum Gasteiger partial charge on any atom is -0.379 e. The Hall–Kier alpha value is -2.74. The second-order valence-corrected chi connectivity index (χ2v) is 8.29. The van der Waals surface area contributed by atoms with Crippen LogP contribution < -0.4 is 0 Å². The summed E-state index contributed by atoms with van der Waals surface area (Å²) in [6, 6.07) is 0. The molecule has 0 bridgehead atoms. The summed E-state index contributed by atoms with van der Waals surface area (Å²) in [7, 11) is 0. The first kappa shape index (κ1) is 31.5. The Kier molecular flexibility index (Phi) is 16.0. The third kappa shape index (κ3) is 13.2. The molecule has 0 saturated carbocycles. The topological polar surface area (TPSA) is 130 Å². The van der Waals surface area contributed by atoms with Crippen molar-refractivity contribution in [3.8, 4) is 0 Å². The maximum Gasteiger partial charge on any atom is 0.253 e. The Bertz CT molecular complexity index is 806. The standard InChI is InChI=1S/C26H38N2O10/c1-22(21-38-20-19-37-18-15-35-12-9-28-25(31)6-7-26(28)32)3-2-10-33-13-16-36-17-14-34-11-8-27-23(29)4-5-24(27)30/h4-7H,1-3,8-21H2. The number of rotatable bonds is 24. The summed E-state index contributed by atoms with van der Waals surface area (Å²) >= 11 is 0. The van der Waals surface area contributed by atoms with Crippen LogP contribution >= 0.6 is 0 Å². The third-order valence-corrected chi connectivity index (χ3v) is 5.33. The average Bonchev–Trinajstić information content (AvgIpc) is 3.40. The zero-order valence-electron chi connectivity index (χ0n) is 21.8. The van der Waals surface area contributed by atoms with E-state index in [0.29, 0.717) is 66.1 Å². The molecule has 0 aromatic rings. The molecule has 0 N–H and O–H groups in total. The first-order valence-electron chi connectivity index (χ1n) is 12.7. The molecule has 2 aliphatic heterocycles. The van der Waals surface area contributed by atoms with Gasteiger partial charge in [0.2, 0.25) is 0 Å². The van der Waals surface area contributed by atoms with Gasteiger partial charge in [0.1, 0.15) is 0 Å². The van der Waals surface area contributed by atoms with Gasteiger partial charge in [-0.05, 0) is 12.8 Å². The molecule has 4 amide bonds. The van der Waals surface area contributed by atoms with E-state index in [4.69, 9.17) is 28.4 Å². The van der Waals surface area contributed by atoms with Crippen LogP contribution in [0.2, 0.25) is 0 Å². The maximum atomic E-state index is 11.4. The van der Waals surface area contributed by atoms with Crippen LogP contribution in [-0.2, 0) is 47.6 Å². The molecule has 2 rings (SSSR count). The van der Waals surface area contributed by atoms with Gasteiger partial charge >= 0.3 is 0 Å². The molecule has 38 heavy (non-hydrogen) atoms. The molecule has 0 fully saturated rings. The van der Waals surface area contributed by atoms with Crippen molar-refractivity contribution in [2.24, 2.45) is 0 Å². The molecule has 0 aliphatic carbocycles. The molecule has 0 aromatic heterocycles. The molecule has 0 saturated heterocycles. The monoisotopic (exact) mass is 538 g/mol. The summed E-state index contributed by atoms with van der Waals surface area (Å²) in [5.74, 6) is -1.24. The van der Waals surface area contributed by atoms with E-state index in [-0.39, 0.29) is 49.9 Å². The van der Waals surface area contributed by atoms with E-state index in [1.807, 2.05) is 0 Å². The Labute approximate surface area is 223 Å². The van der Waals surface area contributed by atoms with Crippen molar-refractivity contribution >= 4 is 23.6 Å². The third-order valence-electron chi connectivity index (χ3n) is 5.33. The summed E-state index contributed by atoms with van der Waals surface area (Å²) in [5.41, 5.74) is 0.985. The minimum absolute atomic E-state index is 0.235. The highest BCUT2D eigenvalue weighted by atomic mass is 16.5. The first-order valence-corrected chi connectivity index (χ1v) is 12.7. The number of carbonyl (C=O) groups is 4. The smallest absolute Gasteiger partial charge is 0.253 e. The molecule has 212 valence electrons. The molecule has 0 spiro atoms. The summed E-state index contributed by atoms with van der Waals surface area (Å²) in [6.45, 7) is 9.49. The average molecular weight is 539 g/mol. The Morgan fingerprint density at radius 3 is 1.29 bits per heavy atom. The summed E-state index contributed by atoms with van der Waals surface area (Å²) in [6.07, 6.45) is 6.65. The van der Waals surface area contributed by atoms with Gasteiger partial charge in [-0.25, -0.2) is 0 Å². The van der Waals surface area contributed by atoms with E-state index >= 15 is 0 Å². The van der Waals surface area contributed by atoms with Crippen LogP contribution in [0.25, 0.3) is 0 Å². The molecule has 12 nitrogen and oxygen atoms in total. The van der Waals surface area contributed by atoms with Crippen LogP contribution in [0.4, 0.5) is 0 Å². The van der Waals surface area contributed by atoms with Gasteiger partial charge in [0, 0.05) is 30.9 Å². The Balaban J connectivity index is 1.24. The van der Waals surface area contributed by atoms with E-state index in [1.165, 1.54) is 24.3 Å². The minimum atomic E-state index is -0.311. The van der Waals surface area contributed by atoms with E-state index < -0.39 is 0 Å². The summed E-state index contributed by atoms with van der Waals surface area (Å²) in [4.78, 5) is 47.8. The van der Waals surface area contributed by atoms with E-state index in [1.54, 1.807) is 0 Å². The number of nitrogens with zero attached hydrogens (tertiary/aromatic N) is 2. The van der Waals surface area contributed by atoms with Crippen molar-refractivity contribution in [3.05, 3.63) is 36.5 Å². The highest BCUT2D eigenvalue weighted by Gasteiger charge is 2.23. The quantitative estimate of drug-likeness (QED) is 0.0959. The lowest BCUT2D eigenvalue weighted by atomic mass is 10.2. The molecular weight excluding hydrogens is 500 g/mol. The van der Waals surface area contributed by atoms with Gasteiger partial charge in [-0.2, -0.15) is 0 Å². The number of hydrogen-bond acceptors (Lipinski definition) is 10. The zero-order chi connectivity index (χ0) is 27.4. The van der Waals surface area contributed by atoms with Crippen molar-refractivity contribution in [1.82, 2.24) is 9.80 Å². The van der Waals surface area contributed by atoms with Gasteiger partial charge in [0.05, 0.1) is 85.8 Å². The van der Waals surface area contributed by atoms with E-state index in [0.717, 1.165) is 28.2 Å². The van der Waals surface area contributed by atoms with E-state index in [9.17, 15) is 19.2 Å². The number of ether oxygens (including phenoxy) is 6. The SMILES string of the molecule is C=C(CCCOCCOCCOCCN1C(=O)C=CC1=O)COCCOCCOCCN1C(=O)C=CC1=O. The van der Waals surface area contributed by atoms with Crippen LogP contribution in [0, 0.1) is 0 Å². The van der Waals surface area contributed by atoms with E-state index in [2.05, 4.69) is 6.58 Å². The van der Waals surface area contributed by atoms with Crippen LogP contribution in [0.3, 0.4) is 0 Å². The van der Waals surface area contributed by atoms with Crippen molar-refractivity contribution in [2.45, 2.75) is 12.8 Å². The fourth-order valence-electron chi connectivity index (χ4n) is 3.31. The van der Waals surface area contributed by atoms with Gasteiger partial charge in [0.15, 0.2) is 0 Å². The number of imide groups is 2. The first-order chi connectivity index (χ1) is 18.5. The van der Waals surface area contributed by atoms with Gasteiger partial charge in [-0.15, -0.1) is 0 Å².